The third-order valence-electron chi connectivity index (χ3n) is 7.69. The summed E-state index contributed by atoms with van der Waals surface area (Å²) in [6.45, 7) is 8.08. The average Bonchev–Trinajstić information content (AvgIpc) is 2.83. The molecule has 202 valence electrons. The van der Waals surface area contributed by atoms with Crippen molar-refractivity contribution in [2.45, 2.75) is 61.9 Å². The molecule has 0 radical (unpaired) electrons. The van der Waals surface area contributed by atoms with Crippen molar-refractivity contribution in [1.29, 1.82) is 0 Å². The van der Waals surface area contributed by atoms with E-state index in [0.29, 0.717) is 24.9 Å². The number of halogens is 5. The summed E-state index contributed by atoms with van der Waals surface area (Å²) in [5, 5.41) is 11.6. The molecule has 0 aromatic heterocycles. The van der Waals surface area contributed by atoms with Gasteiger partial charge in [-0.3, -0.25) is 4.90 Å². The Morgan fingerprint density at radius 1 is 1.06 bits per heavy atom. The standard InChI is InChI=1S/C27H35F3N2O2.2ClH/c1-2-25(12-5-3-6-13-25)32-18-16-31(17-19-32)21-24(26(33)14-7-4-8-15-26)22-10-9-11-23(20-22)34-27(28,29)30;;/h2-3,5-6,9-12,20,24,33H,1,4,7-8,13-19,21H2;2*1H/t24?,25-;;/m0../s1. The lowest BCUT2D eigenvalue weighted by Crippen LogP contribution is -2.57. The average molecular weight is 550 g/mol. The molecule has 4 rings (SSSR count). The van der Waals surface area contributed by atoms with Gasteiger partial charge in [-0.15, -0.1) is 44.6 Å². The van der Waals surface area contributed by atoms with Gasteiger partial charge in [-0.1, -0.05) is 61.8 Å². The quantitative estimate of drug-likeness (QED) is 0.407. The maximum atomic E-state index is 12.8. The first-order valence-corrected chi connectivity index (χ1v) is 12.3. The molecule has 0 spiro atoms. The largest absolute Gasteiger partial charge is 0.573 e. The van der Waals surface area contributed by atoms with Crippen molar-refractivity contribution in [3.8, 4) is 5.75 Å². The molecule has 0 amide bonds. The smallest absolute Gasteiger partial charge is 0.406 e. The van der Waals surface area contributed by atoms with Crippen molar-refractivity contribution in [1.82, 2.24) is 9.80 Å². The highest BCUT2D eigenvalue weighted by Crippen LogP contribution is 2.42. The number of nitrogens with zero attached hydrogens (tertiary/aromatic N) is 2. The fourth-order valence-electron chi connectivity index (χ4n) is 5.77. The zero-order chi connectivity index (χ0) is 24.2. The van der Waals surface area contributed by atoms with Crippen molar-refractivity contribution in [2.75, 3.05) is 32.7 Å². The van der Waals surface area contributed by atoms with Crippen molar-refractivity contribution in [3.05, 3.63) is 66.8 Å². The van der Waals surface area contributed by atoms with E-state index in [-0.39, 0.29) is 42.0 Å². The number of hydrogen-bond acceptors (Lipinski definition) is 4. The topological polar surface area (TPSA) is 35.9 Å². The SMILES string of the molecule is C=C[C@]1(N2CCN(CC(c3cccc(OC(F)(F)F)c3)C3(O)CCCCC3)CC2)C=CC=CC1.Cl.Cl. The number of aliphatic hydroxyl groups is 1. The highest BCUT2D eigenvalue weighted by atomic mass is 35.5. The van der Waals surface area contributed by atoms with E-state index in [9.17, 15) is 18.3 Å². The lowest BCUT2D eigenvalue weighted by Gasteiger charge is -2.47. The maximum absolute atomic E-state index is 12.8. The van der Waals surface area contributed by atoms with Crippen molar-refractivity contribution in [2.24, 2.45) is 0 Å². The van der Waals surface area contributed by atoms with Crippen LogP contribution < -0.4 is 4.74 Å². The van der Waals surface area contributed by atoms with E-state index >= 15 is 0 Å². The molecule has 2 fully saturated rings. The van der Waals surface area contributed by atoms with E-state index in [1.165, 1.54) is 12.1 Å². The summed E-state index contributed by atoms with van der Waals surface area (Å²) in [5.74, 6) is -0.508. The number of ether oxygens (including phenoxy) is 1. The third-order valence-corrected chi connectivity index (χ3v) is 7.69. The van der Waals surface area contributed by atoms with Crippen molar-refractivity contribution in [3.63, 3.8) is 0 Å². The molecule has 1 aromatic rings. The summed E-state index contributed by atoms with van der Waals surface area (Å²) in [6, 6.07) is 6.18. The van der Waals surface area contributed by atoms with Gasteiger partial charge < -0.3 is 14.7 Å². The molecule has 1 unspecified atom stereocenters. The summed E-state index contributed by atoms with van der Waals surface area (Å²) in [4.78, 5) is 4.78. The molecule has 1 heterocycles. The number of allylic oxidation sites excluding steroid dienone is 2. The molecule has 1 saturated carbocycles. The fraction of sp³-hybridized carbons (Fsp3) is 0.556. The minimum atomic E-state index is -4.74. The Bertz CT molecular complexity index is 911. The highest BCUT2D eigenvalue weighted by molar-refractivity contribution is 5.85. The van der Waals surface area contributed by atoms with Crippen LogP contribution in [0.3, 0.4) is 0 Å². The first-order chi connectivity index (χ1) is 16.2. The minimum Gasteiger partial charge on any atom is -0.406 e. The van der Waals surface area contributed by atoms with Crippen LogP contribution in [-0.2, 0) is 0 Å². The molecule has 1 saturated heterocycles. The molecule has 4 nitrogen and oxygen atoms in total. The van der Waals surface area contributed by atoms with Gasteiger partial charge in [0, 0.05) is 38.6 Å². The third kappa shape index (κ3) is 7.29. The second kappa shape index (κ2) is 12.8. The van der Waals surface area contributed by atoms with E-state index in [0.717, 1.165) is 51.9 Å². The van der Waals surface area contributed by atoms with Gasteiger partial charge in [0.15, 0.2) is 0 Å². The Balaban J connectivity index is 0.00000228. The highest BCUT2D eigenvalue weighted by Gasteiger charge is 2.41. The zero-order valence-corrected chi connectivity index (χ0v) is 22.1. The number of piperazine rings is 1. The summed E-state index contributed by atoms with van der Waals surface area (Å²) >= 11 is 0. The monoisotopic (exact) mass is 548 g/mol. The van der Waals surface area contributed by atoms with Crippen LogP contribution in [0.4, 0.5) is 13.2 Å². The van der Waals surface area contributed by atoms with Crippen LogP contribution in [0.2, 0.25) is 0 Å². The fourth-order valence-corrected chi connectivity index (χ4v) is 5.77. The number of rotatable bonds is 7. The molecular formula is C27H37Cl2F3N2O2. The first-order valence-electron chi connectivity index (χ1n) is 12.3. The van der Waals surface area contributed by atoms with Gasteiger partial charge in [-0.25, -0.2) is 0 Å². The molecule has 1 aromatic carbocycles. The Labute approximate surface area is 224 Å². The minimum absolute atomic E-state index is 0. The van der Waals surface area contributed by atoms with Gasteiger partial charge in [0.1, 0.15) is 5.75 Å². The maximum Gasteiger partial charge on any atom is 0.573 e. The van der Waals surface area contributed by atoms with Gasteiger partial charge in [-0.2, -0.15) is 0 Å². The predicted octanol–water partition coefficient (Wildman–Crippen LogP) is 6.27. The summed E-state index contributed by atoms with van der Waals surface area (Å²) in [5.41, 5.74) is -0.382. The van der Waals surface area contributed by atoms with Gasteiger partial charge in [-0.05, 0) is 37.0 Å². The van der Waals surface area contributed by atoms with Gasteiger partial charge in [0.05, 0.1) is 11.1 Å². The molecule has 1 N–H and O–H groups in total. The van der Waals surface area contributed by atoms with Crippen LogP contribution in [-0.4, -0.2) is 65.1 Å². The normalized spacial score (nSPS) is 25.3. The lowest BCUT2D eigenvalue weighted by atomic mass is 9.72. The van der Waals surface area contributed by atoms with E-state index in [4.69, 9.17) is 0 Å². The number of benzene rings is 1. The molecule has 9 heteroatoms. The molecule has 2 atom stereocenters. The Hall–Kier alpha value is -1.51. The molecule has 1 aliphatic heterocycles. The molecule has 3 aliphatic rings. The number of alkyl halides is 3. The number of hydrogen-bond donors (Lipinski definition) is 1. The van der Waals surface area contributed by atoms with E-state index < -0.39 is 12.0 Å². The zero-order valence-electron chi connectivity index (χ0n) is 20.5. The van der Waals surface area contributed by atoms with Crippen LogP contribution in [0.25, 0.3) is 0 Å². The molecule has 36 heavy (non-hydrogen) atoms. The van der Waals surface area contributed by atoms with Crippen molar-refractivity contribution < 1.29 is 23.0 Å². The Morgan fingerprint density at radius 2 is 1.75 bits per heavy atom. The van der Waals surface area contributed by atoms with E-state index in [1.54, 1.807) is 6.07 Å². The van der Waals surface area contributed by atoms with Crippen LogP contribution in [0.1, 0.15) is 50.0 Å². The van der Waals surface area contributed by atoms with E-state index in [1.807, 2.05) is 12.1 Å². The Kier molecular flexibility index (Phi) is 10.9. The molecular weight excluding hydrogens is 512 g/mol. The Morgan fingerprint density at radius 3 is 2.33 bits per heavy atom. The summed E-state index contributed by atoms with van der Waals surface area (Å²) in [6.07, 6.45) is 11.0. The van der Waals surface area contributed by atoms with Gasteiger partial charge in [0.25, 0.3) is 0 Å². The first kappa shape index (κ1) is 30.7. The summed E-state index contributed by atoms with van der Waals surface area (Å²) < 4.78 is 42.7. The van der Waals surface area contributed by atoms with Gasteiger partial charge in [0.2, 0.25) is 0 Å². The predicted molar refractivity (Wildman–Crippen MR) is 142 cm³/mol. The molecule has 0 bridgehead atoms. The van der Waals surface area contributed by atoms with E-state index in [2.05, 4.69) is 45.4 Å². The summed E-state index contributed by atoms with van der Waals surface area (Å²) in [7, 11) is 0. The van der Waals surface area contributed by atoms with Crippen LogP contribution in [0.15, 0.2) is 61.2 Å². The van der Waals surface area contributed by atoms with Gasteiger partial charge >= 0.3 is 6.36 Å². The molecule has 2 aliphatic carbocycles. The van der Waals surface area contributed by atoms with Crippen LogP contribution >= 0.6 is 24.8 Å². The second-order valence-corrected chi connectivity index (χ2v) is 9.81. The lowest BCUT2D eigenvalue weighted by molar-refractivity contribution is -0.274. The van der Waals surface area contributed by atoms with Crippen LogP contribution in [0.5, 0.6) is 5.75 Å². The second-order valence-electron chi connectivity index (χ2n) is 9.81. The van der Waals surface area contributed by atoms with Crippen LogP contribution in [0, 0.1) is 0 Å². The van der Waals surface area contributed by atoms with Crippen molar-refractivity contribution >= 4 is 24.8 Å².